The van der Waals surface area contributed by atoms with Gasteiger partial charge in [-0.3, -0.25) is 9.40 Å². The first-order valence-electron chi connectivity index (χ1n) is 9.02. The number of hydrogen-bond acceptors (Lipinski definition) is 5. The maximum atomic E-state index is 14.5. The molecule has 1 aromatic heterocycles. The molecule has 0 aliphatic carbocycles. The highest BCUT2D eigenvalue weighted by atomic mass is 32.2. The third-order valence-corrected chi connectivity index (χ3v) is 6.19. The molecule has 0 amide bonds. The molecule has 0 unspecified atom stereocenters. The predicted molar refractivity (Wildman–Crippen MR) is 106 cm³/mol. The number of nitrogens with one attached hydrogen (secondary N) is 1. The number of nitriles is 1. The van der Waals surface area contributed by atoms with E-state index >= 15 is 0 Å². The van der Waals surface area contributed by atoms with Crippen LogP contribution in [0.2, 0.25) is 0 Å². The zero-order valence-electron chi connectivity index (χ0n) is 15.8. The summed E-state index contributed by atoms with van der Waals surface area (Å²) in [6.07, 6.45) is 0.606. The lowest BCUT2D eigenvalue weighted by atomic mass is 10.1. The van der Waals surface area contributed by atoms with Crippen molar-refractivity contribution in [1.29, 1.82) is 5.26 Å². The number of aryl methyl sites for hydroxylation is 1. The van der Waals surface area contributed by atoms with Gasteiger partial charge in [-0.05, 0) is 36.8 Å². The van der Waals surface area contributed by atoms with Gasteiger partial charge in [-0.1, -0.05) is 0 Å². The van der Waals surface area contributed by atoms with Crippen LogP contribution in [0.5, 0.6) is 11.5 Å². The molecule has 0 spiro atoms. The van der Waals surface area contributed by atoms with Crippen LogP contribution in [-0.4, -0.2) is 41.8 Å². The number of hydrogen-bond donors (Lipinski definition) is 1. The topological polar surface area (TPSA) is 100 Å². The molecule has 1 atom stereocenters. The van der Waals surface area contributed by atoms with Gasteiger partial charge in [-0.25, -0.2) is 8.78 Å². The number of aromatic nitrogens is 2. The average Bonchev–Trinajstić information content (AvgIpc) is 3.29. The van der Waals surface area contributed by atoms with Crippen LogP contribution in [0.15, 0.2) is 36.5 Å². The monoisotopic (exact) mass is 433 g/mol. The van der Waals surface area contributed by atoms with Crippen molar-refractivity contribution in [2.75, 3.05) is 17.8 Å². The van der Waals surface area contributed by atoms with Gasteiger partial charge in [0.25, 0.3) is 0 Å². The summed E-state index contributed by atoms with van der Waals surface area (Å²) in [5.41, 5.74) is 0.239. The van der Waals surface area contributed by atoms with Crippen molar-refractivity contribution in [3.63, 3.8) is 0 Å². The molecule has 1 aliphatic rings. The standard InChI is InChI=1S/C19H17F2N5O3S/c1-25-10-12-8-14(2-4-17(12)23-25)29-19-15(9-22)18(5-3-16(19)21)24-30(27,28)26-7-6-13(20)11-26/h2-5,8,10,13,24H,6-7,11H2,1H3/t13-/m0/s1. The highest BCUT2D eigenvalue weighted by molar-refractivity contribution is 7.90. The molecule has 156 valence electrons. The molecule has 1 N–H and O–H groups in total. The van der Waals surface area contributed by atoms with Crippen molar-refractivity contribution >= 4 is 26.8 Å². The SMILES string of the molecule is Cn1cc2cc(Oc3c(F)ccc(NS(=O)(=O)N4CC[C@H](F)C4)c3C#N)ccc2n1. The summed E-state index contributed by atoms with van der Waals surface area (Å²) in [6.45, 7) is -0.249. The predicted octanol–water partition coefficient (Wildman–Crippen LogP) is 3.08. The van der Waals surface area contributed by atoms with Crippen LogP contribution >= 0.6 is 0 Å². The van der Waals surface area contributed by atoms with E-state index < -0.39 is 27.9 Å². The van der Waals surface area contributed by atoms with Gasteiger partial charge in [0.15, 0.2) is 11.6 Å². The Morgan fingerprint density at radius 1 is 1.33 bits per heavy atom. The third-order valence-electron chi connectivity index (χ3n) is 4.70. The van der Waals surface area contributed by atoms with Crippen LogP contribution in [-0.2, 0) is 17.3 Å². The van der Waals surface area contributed by atoms with Crippen molar-refractivity contribution in [3.8, 4) is 17.6 Å². The quantitative estimate of drug-likeness (QED) is 0.667. The summed E-state index contributed by atoms with van der Waals surface area (Å²) in [4.78, 5) is 0. The van der Waals surface area contributed by atoms with Crippen molar-refractivity contribution < 1.29 is 21.9 Å². The molecule has 11 heteroatoms. The first-order chi connectivity index (χ1) is 14.3. The molecule has 0 saturated carbocycles. The Balaban J connectivity index is 1.67. The van der Waals surface area contributed by atoms with Crippen LogP contribution in [0.4, 0.5) is 14.5 Å². The molecule has 1 fully saturated rings. The smallest absolute Gasteiger partial charge is 0.301 e. The molecule has 0 bridgehead atoms. The Bertz CT molecular complexity index is 1270. The fourth-order valence-corrected chi connectivity index (χ4v) is 4.55. The lowest BCUT2D eigenvalue weighted by Crippen LogP contribution is -2.34. The van der Waals surface area contributed by atoms with Crippen LogP contribution < -0.4 is 9.46 Å². The van der Waals surface area contributed by atoms with Gasteiger partial charge in [0.1, 0.15) is 23.6 Å². The second-order valence-corrected chi connectivity index (χ2v) is 8.56. The van der Waals surface area contributed by atoms with E-state index in [2.05, 4.69) is 9.82 Å². The first kappa shape index (κ1) is 20.1. The van der Waals surface area contributed by atoms with Crippen molar-refractivity contribution in [2.24, 2.45) is 7.05 Å². The van der Waals surface area contributed by atoms with Gasteiger partial charge < -0.3 is 4.74 Å². The number of rotatable bonds is 5. The summed E-state index contributed by atoms with van der Waals surface area (Å²) in [7, 11) is -2.34. The number of ether oxygens (including phenoxy) is 1. The van der Waals surface area contributed by atoms with Crippen molar-refractivity contribution in [1.82, 2.24) is 14.1 Å². The Kier molecular flexibility index (Phi) is 5.05. The molecular formula is C19H17F2N5O3S. The molecule has 3 aromatic rings. The van der Waals surface area contributed by atoms with E-state index in [1.165, 1.54) is 0 Å². The van der Waals surface area contributed by atoms with Gasteiger partial charge in [-0.2, -0.15) is 23.1 Å². The lowest BCUT2D eigenvalue weighted by molar-refractivity contribution is 0.343. The van der Waals surface area contributed by atoms with E-state index in [0.717, 1.165) is 21.8 Å². The summed E-state index contributed by atoms with van der Waals surface area (Å²) in [5.74, 6) is -0.984. The van der Waals surface area contributed by atoms with Gasteiger partial charge >= 0.3 is 10.2 Å². The number of halogens is 2. The maximum Gasteiger partial charge on any atom is 0.301 e. The van der Waals surface area contributed by atoms with Gasteiger partial charge in [-0.15, -0.1) is 0 Å². The fourth-order valence-electron chi connectivity index (χ4n) is 3.27. The van der Waals surface area contributed by atoms with E-state index in [4.69, 9.17) is 4.74 Å². The molecule has 1 saturated heterocycles. The summed E-state index contributed by atoms with van der Waals surface area (Å²) in [5, 5.41) is 14.5. The maximum absolute atomic E-state index is 14.5. The first-order valence-corrected chi connectivity index (χ1v) is 10.5. The number of nitrogens with zero attached hydrogens (tertiary/aromatic N) is 4. The molecule has 1 aliphatic heterocycles. The highest BCUT2D eigenvalue weighted by Crippen LogP contribution is 2.34. The van der Waals surface area contributed by atoms with Crippen LogP contribution in [0, 0.1) is 17.1 Å². The Morgan fingerprint density at radius 3 is 2.83 bits per heavy atom. The minimum atomic E-state index is -4.10. The molecule has 8 nitrogen and oxygen atoms in total. The summed E-state index contributed by atoms with van der Waals surface area (Å²) in [6, 6.07) is 8.80. The molecule has 2 heterocycles. The van der Waals surface area contributed by atoms with E-state index in [-0.39, 0.29) is 36.5 Å². The number of alkyl halides is 1. The highest BCUT2D eigenvalue weighted by Gasteiger charge is 2.32. The molecule has 0 radical (unpaired) electrons. The fraction of sp³-hybridized carbons (Fsp3) is 0.263. The van der Waals surface area contributed by atoms with E-state index in [1.54, 1.807) is 42.2 Å². The Labute approximate surface area is 171 Å². The van der Waals surface area contributed by atoms with Crippen molar-refractivity contribution in [3.05, 3.63) is 47.9 Å². The second-order valence-electron chi connectivity index (χ2n) is 6.89. The Morgan fingerprint density at radius 2 is 2.13 bits per heavy atom. The average molecular weight is 433 g/mol. The van der Waals surface area contributed by atoms with Gasteiger partial charge in [0.05, 0.1) is 11.2 Å². The largest absolute Gasteiger partial charge is 0.453 e. The van der Waals surface area contributed by atoms with E-state index in [9.17, 15) is 22.5 Å². The van der Waals surface area contributed by atoms with Crippen LogP contribution in [0.25, 0.3) is 10.9 Å². The van der Waals surface area contributed by atoms with E-state index in [0.29, 0.717) is 5.52 Å². The molecule has 2 aromatic carbocycles. The number of fused-ring (bicyclic) bond motifs is 1. The van der Waals surface area contributed by atoms with Crippen LogP contribution in [0.1, 0.15) is 12.0 Å². The number of anilines is 1. The molecule has 30 heavy (non-hydrogen) atoms. The van der Waals surface area contributed by atoms with Crippen molar-refractivity contribution in [2.45, 2.75) is 12.6 Å². The van der Waals surface area contributed by atoms with E-state index in [1.807, 2.05) is 0 Å². The summed E-state index contributed by atoms with van der Waals surface area (Å²) < 4.78 is 63.3. The van der Waals surface area contributed by atoms with Gasteiger partial charge in [0.2, 0.25) is 0 Å². The molecular weight excluding hydrogens is 416 g/mol. The zero-order chi connectivity index (χ0) is 21.5. The lowest BCUT2D eigenvalue weighted by Gasteiger charge is -2.18. The Hall–Kier alpha value is -3.23. The number of benzene rings is 2. The van der Waals surface area contributed by atoms with Crippen LogP contribution in [0.3, 0.4) is 0 Å². The third kappa shape index (κ3) is 3.79. The summed E-state index contributed by atoms with van der Waals surface area (Å²) >= 11 is 0. The minimum Gasteiger partial charge on any atom is -0.453 e. The zero-order valence-corrected chi connectivity index (χ0v) is 16.7. The second kappa shape index (κ2) is 7.55. The normalized spacial score (nSPS) is 17.2. The van der Waals surface area contributed by atoms with Gasteiger partial charge in [0, 0.05) is 31.7 Å². The molecule has 4 rings (SSSR count). The minimum absolute atomic E-state index is 0.0219.